The molecule has 21 heavy (non-hydrogen) atoms. The number of carbonyl (C=O) groups is 1. The summed E-state index contributed by atoms with van der Waals surface area (Å²) < 4.78 is 0. The Balaban J connectivity index is -0.000000103. The van der Waals surface area contributed by atoms with Gasteiger partial charge in [-0.25, -0.2) is 0 Å². The first-order valence-corrected chi connectivity index (χ1v) is 8.17. The summed E-state index contributed by atoms with van der Waals surface area (Å²) in [6.07, 6.45) is 0. The molecule has 0 saturated carbocycles. The number of hydrogen-bond donors (Lipinski definition) is 0. The van der Waals surface area contributed by atoms with E-state index in [0.717, 1.165) is 5.92 Å². The van der Waals surface area contributed by atoms with Gasteiger partial charge in [-0.05, 0) is 40.5 Å². The minimum Gasteiger partial charge on any atom is -0.300 e. The first-order chi connectivity index (χ1) is 9.65. The van der Waals surface area contributed by atoms with E-state index in [1.165, 1.54) is 30.5 Å². The van der Waals surface area contributed by atoms with Crippen LogP contribution in [-0.2, 0) is 4.79 Å². The van der Waals surface area contributed by atoms with Crippen LogP contribution in [0.15, 0.2) is 18.2 Å². The predicted molar refractivity (Wildman–Crippen MR) is 100 cm³/mol. The molecule has 126 valence electrons. The van der Waals surface area contributed by atoms with E-state index < -0.39 is 0 Å². The van der Waals surface area contributed by atoms with Crippen molar-refractivity contribution in [1.29, 1.82) is 0 Å². The molecule has 1 rings (SSSR count). The van der Waals surface area contributed by atoms with E-state index in [1.54, 1.807) is 0 Å². The molecule has 0 spiro atoms. The molecule has 1 aromatic carbocycles. The summed E-state index contributed by atoms with van der Waals surface area (Å²) in [6.45, 7) is 23.9. The van der Waals surface area contributed by atoms with Gasteiger partial charge in [0.2, 0.25) is 0 Å². The second-order valence-electron chi connectivity index (χ2n) is 5.31. The number of Topliss-reactive ketones (excluding diaryl/α,β-unsaturated/α-hetero) is 1. The third-order valence-corrected chi connectivity index (χ3v) is 1.37. The Kier molecular flexibility index (Phi) is 28.4. The van der Waals surface area contributed by atoms with E-state index in [4.69, 9.17) is 0 Å². The predicted octanol–water partition coefficient (Wildman–Crippen LogP) is 6.92. The molecule has 0 aliphatic carbocycles. The van der Waals surface area contributed by atoms with Crippen LogP contribution in [0.5, 0.6) is 0 Å². The van der Waals surface area contributed by atoms with E-state index in [2.05, 4.69) is 59.7 Å². The zero-order chi connectivity index (χ0) is 18.0. The fourth-order valence-electron chi connectivity index (χ4n) is 1.20. The Morgan fingerprint density at radius 2 is 0.810 bits per heavy atom. The summed E-state index contributed by atoms with van der Waals surface area (Å²) in [4.78, 5) is 9.44. The Morgan fingerprint density at radius 1 is 0.714 bits per heavy atom. The van der Waals surface area contributed by atoms with Crippen molar-refractivity contribution in [2.75, 3.05) is 0 Å². The van der Waals surface area contributed by atoms with Crippen molar-refractivity contribution in [2.24, 2.45) is 5.92 Å². The average molecular weight is 297 g/mol. The van der Waals surface area contributed by atoms with Crippen LogP contribution < -0.4 is 0 Å². The lowest BCUT2D eigenvalue weighted by Crippen LogP contribution is -1.78. The summed E-state index contributed by atoms with van der Waals surface area (Å²) in [5, 5.41) is 0. The van der Waals surface area contributed by atoms with Crippen LogP contribution >= 0.6 is 0 Å². The van der Waals surface area contributed by atoms with Crippen molar-refractivity contribution in [3.63, 3.8) is 0 Å². The summed E-state index contributed by atoms with van der Waals surface area (Å²) in [5.41, 5.74) is 4.06. The maximum Gasteiger partial charge on any atom is 0.126 e. The summed E-state index contributed by atoms with van der Waals surface area (Å²) >= 11 is 0. The fourth-order valence-corrected chi connectivity index (χ4v) is 1.20. The van der Waals surface area contributed by atoms with Crippen LogP contribution in [0.25, 0.3) is 0 Å². The number of ketones is 1. The second-order valence-corrected chi connectivity index (χ2v) is 5.31. The minimum atomic E-state index is 0.167. The van der Waals surface area contributed by atoms with Gasteiger partial charge in [0.15, 0.2) is 0 Å². The van der Waals surface area contributed by atoms with Crippen LogP contribution in [0, 0.1) is 26.7 Å². The summed E-state index contributed by atoms with van der Waals surface area (Å²) in [5.74, 6) is 1.00. The van der Waals surface area contributed by atoms with Gasteiger partial charge in [-0.2, -0.15) is 0 Å². The zero-order valence-electron chi connectivity index (χ0n) is 16.7. The van der Waals surface area contributed by atoms with E-state index in [-0.39, 0.29) is 5.78 Å². The van der Waals surface area contributed by atoms with Gasteiger partial charge < -0.3 is 4.79 Å². The molecule has 0 atom stereocenters. The molecule has 0 bridgehead atoms. The topological polar surface area (TPSA) is 17.1 Å². The Hall–Kier alpha value is -1.11. The summed E-state index contributed by atoms with van der Waals surface area (Å²) in [7, 11) is 0. The van der Waals surface area contributed by atoms with Crippen molar-refractivity contribution >= 4 is 5.78 Å². The SMILES string of the molecule is CC.CC.CC(C)=O.CC(C)C.Cc1cc(C)cc(C)c1. The number of benzene rings is 1. The normalized spacial score (nSPS) is 7.67. The molecule has 0 saturated heterocycles. The molecular weight excluding hydrogens is 256 g/mol. The highest BCUT2D eigenvalue weighted by Crippen LogP contribution is 2.06. The van der Waals surface area contributed by atoms with Gasteiger partial charge in [0.25, 0.3) is 0 Å². The molecule has 0 aliphatic heterocycles. The molecule has 0 aliphatic rings. The third kappa shape index (κ3) is 45.4. The smallest absolute Gasteiger partial charge is 0.126 e. The van der Waals surface area contributed by atoms with Gasteiger partial charge in [0, 0.05) is 0 Å². The quantitative estimate of drug-likeness (QED) is 0.507. The van der Waals surface area contributed by atoms with Crippen molar-refractivity contribution in [3.8, 4) is 0 Å². The van der Waals surface area contributed by atoms with E-state index in [1.807, 2.05) is 27.7 Å². The van der Waals surface area contributed by atoms with Crippen molar-refractivity contribution in [3.05, 3.63) is 34.9 Å². The number of rotatable bonds is 0. The van der Waals surface area contributed by atoms with Crippen LogP contribution in [0.1, 0.15) is 79.0 Å². The third-order valence-electron chi connectivity index (χ3n) is 1.37. The number of hydrogen-bond acceptors (Lipinski definition) is 1. The molecule has 1 heteroatoms. The largest absolute Gasteiger partial charge is 0.300 e. The van der Waals surface area contributed by atoms with Crippen molar-refractivity contribution in [2.45, 2.75) is 83.1 Å². The van der Waals surface area contributed by atoms with Crippen molar-refractivity contribution in [1.82, 2.24) is 0 Å². The Bertz CT molecular complexity index is 267. The van der Waals surface area contributed by atoms with Crippen LogP contribution in [0.2, 0.25) is 0 Å². The standard InChI is InChI=1S/C9H12.C4H10.C3H6O.2C2H6/c1-7-4-8(2)6-9(3)5-7;1-4(2)3;1-3(2)4;2*1-2/h4-6H,1-3H3;4H,1-3H3;1-2H3;2*1-2H3. The lowest BCUT2D eigenvalue weighted by Gasteiger charge is -1.96. The highest BCUT2D eigenvalue weighted by Gasteiger charge is 1.87. The van der Waals surface area contributed by atoms with E-state index in [9.17, 15) is 4.79 Å². The maximum absolute atomic E-state index is 9.44. The highest BCUT2D eigenvalue weighted by molar-refractivity contribution is 5.72. The lowest BCUT2D eigenvalue weighted by atomic mass is 10.1. The van der Waals surface area contributed by atoms with Gasteiger partial charge in [-0.15, -0.1) is 0 Å². The molecule has 0 amide bonds. The molecule has 0 aromatic heterocycles. The maximum atomic E-state index is 9.44. The summed E-state index contributed by atoms with van der Waals surface area (Å²) in [6, 6.07) is 6.56. The Morgan fingerprint density at radius 3 is 0.905 bits per heavy atom. The molecule has 0 fully saturated rings. The monoisotopic (exact) mass is 296 g/mol. The van der Waals surface area contributed by atoms with E-state index >= 15 is 0 Å². The molecule has 0 radical (unpaired) electrons. The number of aryl methyl sites for hydroxylation is 3. The van der Waals surface area contributed by atoms with Gasteiger partial charge in [0.05, 0.1) is 0 Å². The average Bonchev–Trinajstić information content (AvgIpc) is 2.30. The van der Waals surface area contributed by atoms with Crippen LogP contribution in [0.4, 0.5) is 0 Å². The molecule has 0 heterocycles. The zero-order valence-corrected chi connectivity index (χ0v) is 16.7. The lowest BCUT2D eigenvalue weighted by molar-refractivity contribution is -0.114. The van der Waals surface area contributed by atoms with Crippen LogP contribution in [0.3, 0.4) is 0 Å². The molecule has 0 unspecified atom stereocenters. The van der Waals surface area contributed by atoms with Gasteiger partial charge in [-0.1, -0.05) is 83.4 Å². The molecule has 1 aromatic rings. The van der Waals surface area contributed by atoms with Crippen LogP contribution in [-0.4, -0.2) is 5.78 Å². The van der Waals surface area contributed by atoms with Gasteiger partial charge in [-0.3, -0.25) is 0 Å². The molecule has 0 N–H and O–H groups in total. The molecule has 1 nitrogen and oxygen atoms in total. The van der Waals surface area contributed by atoms with E-state index in [0.29, 0.717) is 0 Å². The first-order valence-electron chi connectivity index (χ1n) is 8.17. The van der Waals surface area contributed by atoms with Gasteiger partial charge >= 0.3 is 0 Å². The molecular formula is C20H40O. The Labute approximate surface area is 135 Å². The number of carbonyl (C=O) groups excluding carboxylic acids is 1. The first kappa shape index (κ1) is 28.1. The highest BCUT2D eigenvalue weighted by atomic mass is 16.1. The minimum absolute atomic E-state index is 0.167. The fraction of sp³-hybridized carbons (Fsp3) is 0.650. The second kappa shape index (κ2) is 21.2. The van der Waals surface area contributed by atoms with Gasteiger partial charge in [0.1, 0.15) is 5.78 Å². The van der Waals surface area contributed by atoms with Crippen molar-refractivity contribution < 1.29 is 4.79 Å².